The third kappa shape index (κ3) is 13.3. The molecular weight excluding hydrogens is 256 g/mol. The van der Waals surface area contributed by atoms with E-state index in [1.807, 2.05) is 0 Å². The predicted octanol–water partition coefficient (Wildman–Crippen LogP) is 5.27. The molecule has 128 valence electrons. The predicted molar refractivity (Wildman–Crippen MR) is 97.1 cm³/mol. The van der Waals surface area contributed by atoms with E-state index in [4.69, 9.17) is 0 Å². The Balaban J connectivity index is 3.28. The second-order valence-corrected chi connectivity index (χ2v) is 6.46. The average molecular weight is 299 g/mol. The minimum absolute atomic E-state index is 0.753. The highest BCUT2D eigenvalue weighted by Crippen LogP contribution is 2.05. The Kier molecular flexibility index (Phi) is 16.2. The molecule has 2 heteroatoms. The lowest BCUT2D eigenvalue weighted by molar-refractivity contribution is 0.440. The normalized spacial score (nSPS) is 14.3. The molecule has 0 aromatic rings. The van der Waals surface area contributed by atoms with Gasteiger partial charge in [0, 0.05) is 12.1 Å². The standard InChI is InChI=1S/C19H42N2/c1-5-14-18(7-3)20-16-12-10-9-11-13-17-21-19(8-4)15-6-2/h18-21H,5-17H2,1-4H3. The number of hydrogen-bond donors (Lipinski definition) is 2. The first-order valence-electron chi connectivity index (χ1n) is 9.75. The summed E-state index contributed by atoms with van der Waals surface area (Å²) in [7, 11) is 0. The van der Waals surface area contributed by atoms with Crippen LogP contribution in [0.3, 0.4) is 0 Å². The summed E-state index contributed by atoms with van der Waals surface area (Å²) >= 11 is 0. The first-order chi connectivity index (χ1) is 10.3. The molecule has 0 aromatic carbocycles. The fraction of sp³-hybridized carbons (Fsp3) is 1.00. The minimum Gasteiger partial charge on any atom is -0.314 e. The van der Waals surface area contributed by atoms with Crippen LogP contribution in [0.15, 0.2) is 0 Å². The Hall–Kier alpha value is -0.0800. The minimum atomic E-state index is 0.753. The fourth-order valence-electron chi connectivity index (χ4n) is 2.99. The molecule has 2 nitrogen and oxygen atoms in total. The van der Waals surface area contributed by atoms with E-state index < -0.39 is 0 Å². The molecule has 0 amide bonds. The van der Waals surface area contributed by atoms with E-state index >= 15 is 0 Å². The highest BCUT2D eigenvalue weighted by molar-refractivity contribution is 4.65. The zero-order valence-corrected chi connectivity index (χ0v) is 15.3. The van der Waals surface area contributed by atoms with Gasteiger partial charge in [-0.15, -0.1) is 0 Å². The van der Waals surface area contributed by atoms with E-state index in [0.717, 1.165) is 12.1 Å². The number of unbranched alkanes of at least 4 members (excludes halogenated alkanes) is 4. The van der Waals surface area contributed by atoms with Crippen LogP contribution >= 0.6 is 0 Å². The summed E-state index contributed by atoms with van der Waals surface area (Å²) in [6.45, 7) is 11.6. The summed E-state index contributed by atoms with van der Waals surface area (Å²) in [5, 5.41) is 7.39. The Bertz CT molecular complexity index is 174. The molecule has 0 radical (unpaired) electrons. The van der Waals surface area contributed by atoms with Gasteiger partial charge in [-0.2, -0.15) is 0 Å². The van der Waals surface area contributed by atoms with Gasteiger partial charge in [0.2, 0.25) is 0 Å². The van der Waals surface area contributed by atoms with Gasteiger partial charge in [0.15, 0.2) is 0 Å². The van der Waals surface area contributed by atoms with E-state index in [9.17, 15) is 0 Å². The van der Waals surface area contributed by atoms with Gasteiger partial charge in [0.1, 0.15) is 0 Å². The second kappa shape index (κ2) is 16.3. The molecule has 21 heavy (non-hydrogen) atoms. The van der Waals surface area contributed by atoms with Gasteiger partial charge in [-0.1, -0.05) is 59.8 Å². The molecule has 0 aliphatic carbocycles. The van der Waals surface area contributed by atoms with Crippen LogP contribution in [0, 0.1) is 0 Å². The number of hydrogen-bond acceptors (Lipinski definition) is 2. The van der Waals surface area contributed by atoms with Crippen molar-refractivity contribution >= 4 is 0 Å². The lowest BCUT2D eigenvalue weighted by atomic mass is 10.1. The Morgan fingerprint density at radius 1 is 0.571 bits per heavy atom. The van der Waals surface area contributed by atoms with E-state index in [2.05, 4.69) is 38.3 Å². The maximum absolute atomic E-state index is 3.70. The lowest BCUT2D eigenvalue weighted by Gasteiger charge is -2.16. The van der Waals surface area contributed by atoms with Crippen LogP contribution in [0.2, 0.25) is 0 Å². The van der Waals surface area contributed by atoms with Crippen LogP contribution in [0.1, 0.15) is 98.3 Å². The van der Waals surface area contributed by atoms with Crippen molar-refractivity contribution in [1.29, 1.82) is 0 Å². The van der Waals surface area contributed by atoms with Crippen molar-refractivity contribution in [2.75, 3.05) is 13.1 Å². The summed E-state index contributed by atoms with van der Waals surface area (Å²) in [4.78, 5) is 0. The molecule has 0 saturated heterocycles. The SMILES string of the molecule is CCCC(CC)NCCCCCCCNC(CC)CCC. The fourth-order valence-corrected chi connectivity index (χ4v) is 2.99. The van der Waals surface area contributed by atoms with Crippen molar-refractivity contribution in [3.05, 3.63) is 0 Å². The molecule has 0 fully saturated rings. The van der Waals surface area contributed by atoms with Crippen LogP contribution in [0.4, 0.5) is 0 Å². The maximum Gasteiger partial charge on any atom is 0.00643 e. The van der Waals surface area contributed by atoms with Gasteiger partial charge < -0.3 is 10.6 Å². The Morgan fingerprint density at radius 2 is 0.952 bits per heavy atom. The van der Waals surface area contributed by atoms with Crippen LogP contribution in [0.5, 0.6) is 0 Å². The van der Waals surface area contributed by atoms with Crippen molar-refractivity contribution in [1.82, 2.24) is 10.6 Å². The van der Waals surface area contributed by atoms with Crippen molar-refractivity contribution < 1.29 is 0 Å². The van der Waals surface area contributed by atoms with E-state index in [0.29, 0.717) is 0 Å². The van der Waals surface area contributed by atoms with Crippen molar-refractivity contribution in [3.63, 3.8) is 0 Å². The molecule has 0 heterocycles. The topological polar surface area (TPSA) is 24.1 Å². The molecule has 2 N–H and O–H groups in total. The van der Waals surface area contributed by atoms with Gasteiger partial charge in [0.25, 0.3) is 0 Å². The molecule has 0 bridgehead atoms. The molecule has 2 atom stereocenters. The quantitative estimate of drug-likeness (QED) is 0.379. The molecule has 0 spiro atoms. The van der Waals surface area contributed by atoms with E-state index in [1.54, 1.807) is 0 Å². The second-order valence-electron chi connectivity index (χ2n) is 6.46. The third-order valence-corrected chi connectivity index (χ3v) is 4.48. The molecule has 0 aliphatic heterocycles. The first-order valence-corrected chi connectivity index (χ1v) is 9.75. The van der Waals surface area contributed by atoms with Gasteiger partial charge in [-0.3, -0.25) is 0 Å². The molecule has 0 saturated carbocycles. The van der Waals surface area contributed by atoms with Crippen LogP contribution in [0.25, 0.3) is 0 Å². The zero-order valence-electron chi connectivity index (χ0n) is 15.3. The molecule has 0 aromatic heterocycles. The molecule has 0 aliphatic rings. The highest BCUT2D eigenvalue weighted by Gasteiger charge is 2.03. The Labute approximate surface area is 134 Å². The summed E-state index contributed by atoms with van der Waals surface area (Å²) in [5.41, 5.74) is 0. The Morgan fingerprint density at radius 3 is 1.29 bits per heavy atom. The monoisotopic (exact) mass is 298 g/mol. The van der Waals surface area contributed by atoms with Crippen LogP contribution < -0.4 is 10.6 Å². The summed E-state index contributed by atoms with van der Waals surface area (Å²) in [5.74, 6) is 0. The highest BCUT2D eigenvalue weighted by atomic mass is 14.9. The number of rotatable bonds is 16. The maximum atomic E-state index is 3.70. The van der Waals surface area contributed by atoms with E-state index in [-0.39, 0.29) is 0 Å². The number of nitrogens with one attached hydrogen (secondary N) is 2. The van der Waals surface area contributed by atoms with Crippen LogP contribution in [-0.4, -0.2) is 25.2 Å². The molecule has 2 unspecified atom stereocenters. The van der Waals surface area contributed by atoms with E-state index in [1.165, 1.54) is 83.7 Å². The lowest BCUT2D eigenvalue weighted by Crippen LogP contribution is -2.29. The van der Waals surface area contributed by atoms with Gasteiger partial charge >= 0.3 is 0 Å². The zero-order chi connectivity index (χ0) is 15.8. The smallest absolute Gasteiger partial charge is 0.00643 e. The van der Waals surface area contributed by atoms with Crippen molar-refractivity contribution in [2.45, 2.75) is 110 Å². The summed E-state index contributed by atoms with van der Waals surface area (Å²) < 4.78 is 0. The van der Waals surface area contributed by atoms with Crippen LogP contribution in [-0.2, 0) is 0 Å². The van der Waals surface area contributed by atoms with Gasteiger partial charge in [0.05, 0.1) is 0 Å². The summed E-state index contributed by atoms with van der Waals surface area (Å²) in [6.07, 6.45) is 14.7. The van der Waals surface area contributed by atoms with Gasteiger partial charge in [-0.05, 0) is 51.6 Å². The third-order valence-electron chi connectivity index (χ3n) is 4.48. The summed E-state index contributed by atoms with van der Waals surface area (Å²) in [6, 6.07) is 1.51. The molecular formula is C19H42N2. The molecule has 0 rings (SSSR count). The van der Waals surface area contributed by atoms with Crippen molar-refractivity contribution in [2.24, 2.45) is 0 Å². The largest absolute Gasteiger partial charge is 0.314 e. The average Bonchev–Trinajstić information content (AvgIpc) is 2.50. The van der Waals surface area contributed by atoms with Crippen molar-refractivity contribution in [3.8, 4) is 0 Å². The first kappa shape index (κ1) is 20.9. The van der Waals surface area contributed by atoms with Gasteiger partial charge in [-0.25, -0.2) is 0 Å².